The van der Waals surface area contributed by atoms with E-state index >= 15 is 0 Å². The van der Waals surface area contributed by atoms with Gasteiger partial charge in [0.2, 0.25) is 0 Å². The topological polar surface area (TPSA) is 40.5 Å². The third-order valence-corrected chi connectivity index (χ3v) is 3.36. The summed E-state index contributed by atoms with van der Waals surface area (Å²) in [5.41, 5.74) is -0.313. The summed E-state index contributed by atoms with van der Waals surface area (Å²) in [6.07, 6.45) is 5.44. The number of aliphatic hydroxyl groups excluding tert-OH is 2. The fourth-order valence-electron chi connectivity index (χ4n) is 2.16. The van der Waals surface area contributed by atoms with Crippen LogP contribution in [-0.2, 0) is 0 Å². The number of hydrogen-bond acceptors (Lipinski definition) is 2. The van der Waals surface area contributed by atoms with Crippen LogP contribution in [0.25, 0.3) is 0 Å². The highest BCUT2D eigenvalue weighted by Crippen LogP contribution is 2.40. The zero-order chi connectivity index (χ0) is 9.90. The summed E-state index contributed by atoms with van der Waals surface area (Å²) >= 11 is 0. The quantitative estimate of drug-likeness (QED) is 0.657. The summed E-state index contributed by atoms with van der Waals surface area (Å²) in [5.74, 6) is 0. The monoisotopic (exact) mass is 184 g/mol. The van der Waals surface area contributed by atoms with Gasteiger partial charge in [0.05, 0.1) is 12.2 Å². The van der Waals surface area contributed by atoms with Crippen molar-refractivity contribution >= 4 is 0 Å². The molecule has 2 nitrogen and oxygen atoms in total. The van der Waals surface area contributed by atoms with Crippen LogP contribution in [0.3, 0.4) is 0 Å². The average molecular weight is 184 g/mol. The van der Waals surface area contributed by atoms with Crippen LogP contribution in [0.15, 0.2) is 12.7 Å². The van der Waals surface area contributed by atoms with E-state index in [0.717, 1.165) is 25.7 Å². The van der Waals surface area contributed by atoms with Crippen molar-refractivity contribution < 1.29 is 10.2 Å². The van der Waals surface area contributed by atoms with Crippen molar-refractivity contribution in [1.82, 2.24) is 0 Å². The zero-order valence-electron chi connectivity index (χ0n) is 8.37. The molecule has 1 aliphatic rings. The number of hydrogen-bond donors (Lipinski definition) is 2. The normalized spacial score (nSPS) is 37.0. The SMILES string of the molecule is C=CC[C@H](O)[C@@]1(C)CCCC[C@@H]1O. The first kappa shape index (κ1) is 10.7. The molecule has 3 atom stereocenters. The van der Waals surface area contributed by atoms with Crippen LogP contribution in [0, 0.1) is 5.41 Å². The molecule has 76 valence electrons. The van der Waals surface area contributed by atoms with Gasteiger partial charge in [0.25, 0.3) is 0 Å². The molecule has 0 aliphatic heterocycles. The Labute approximate surface area is 80.3 Å². The average Bonchev–Trinajstić information content (AvgIpc) is 2.11. The van der Waals surface area contributed by atoms with Gasteiger partial charge in [0, 0.05) is 5.41 Å². The van der Waals surface area contributed by atoms with E-state index in [0.29, 0.717) is 6.42 Å². The summed E-state index contributed by atoms with van der Waals surface area (Å²) < 4.78 is 0. The summed E-state index contributed by atoms with van der Waals surface area (Å²) in [5, 5.41) is 19.7. The fourth-order valence-corrected chi connectivity index (χ4v) is 2.16. The van der Waals surface area contributed by atoms with Gasteiger partial charge in [0.15, 0.2) is 0 Å². The van der Waals surface area contributed by atoms with Crippen LogP contribution in [-0.4, -0.2) is 22.4 Å². The summed E-state index contributed by atoms with van der Waals surface area (Å²) in [4.78, 5) is 0. The van der Waals surface area contributed by atoms with Crippen molar-refractivity contribution in [2.45, 2.75) is 51.2 Å². The van der Waals surface area contributed by atoms with E-state index in [4.69, 9.17) is 0 Å². The first-order chi connectivity index (χ1) is 6.11. The van der Waals surface area contributed by atoms with Gasteiger partial charge in [-0.05, 0) is 19.3 Å². The summed E-state index contributed by atoms with van der Waals surface area (Å²) in [6, 6.07) is 0. The Morgan fingerprint density at radius 3 is 2.85 bits per heavy atom. The first-order valence-corrected chi connectivity index (χ1v) is 5.08. The van der Waals surface area contributed by atoms with Gasteiger partial charge in [-0.15, -0.1) is 6.58 Å². The van der Waals surface area contributed by atoms with E-state index in [9.17, 15) is 10.2 Å². The lowest BCUT2D eigenvalue weighted by Gasteiger charge is -2.41. The van der Waals surface area contributed by atoms with Crippen molar-refractivity contribution in [3.8, 4) is 0 Å². The van der Waals surface area contributed by atoms with Crippen LogP contribution < -0.4 is 0 Å². The molecule has 0 heterocycles. The Bertz CT molecular complexity index is 179. The van der Waals surface area contributed by atoms with Crippen molar-refractivity contribution in [3.63, 3.8) is 0 Å². The molecule has 1 aliphatic carbocycles. The van der Waals surface area contributed by atoms with Crippen LogP contribution in [0.1, 0.15) is 39.0 Å². The van der Waals surface area contributed by atoms with Crippen molar-refractivity contribution in [3.05, 3.63) is 12.7 Å². The lowest BCUT2D eigenvalue weighted by atomic mass is 9.69. The van der Waals surface area contributed by atoms with E-state index < -0.39 is 6.10 Å². The van der Waals surface area contributed by atoms with Gasteiger partial charge in [-0.25, -0.2) is 0 Å². The molecular weight excluding hydrogens is 164 g/mol. The van der Waals surface area contributed by atoms with Crippen LogP contribution in [0.5, 0.6) is 0 Å². The predicted octanol–water partition coefficient (Wildman–Crippen LogP) is 1.86. The Morgan fingerprint density at radius 1 is 1.62 bits per heavy atom. The Balaban J connectivity index is 2.64. The Kier molecular flexibility index (Phi) is 3.51. The van der Waals surface area contributed by atoms with Crippen LogP contribution in [0.2, 0.25) is 0 Å². The highest BCUT2D eigenvalue weighted by Gasteiger charge is 2.40. The highest BCUT2D eigenvalue weighted by molar-refractivity contribution is 4.94. The van der Waals surface area contributed by atoms with Gasteiger partial charge in [-0.1, -0.05) is 25.8 Å². The molecule has 1 fully saturated rings. The highest BCUT2D eigenvalue weighted by atomic mass is 16.3. The standard InChI is InChI=1S/C11H20O2/c1-3-6-9(12)11(2)8-5-4-7-10(11)13/h3,9-10,12-13H,1,4-8H2,2H3/t9-,10-,11+/m0/s1. The first-order valence-electron chi connectivity index (χ1n) is 5.08. The van der Waals surface area contributed by atoms with E-state index in [1.54, 1.807) is 6.08 Å². The lowest BCUT2D eigenvalue weighted by Crippen LogP contribution is -2.44. The second-order valence-electron chi connectivity index (χ2n) is 4.31. The van der Waals surface area contributed by atoms with E-state index in [-0.39, 0.29) is 11.5 Å². The minimum Gasteiger partial charge on any atom is -0.392 e. The zero-order valence-corrected chi connectivity index (χ0v) is 8.37. The fraction of sp³-hybridized carbons (Fsp3) is 0.818. The predicted molar refractivity (Wildman–Crippen MR) is 53.4 cm³/mol. The molecule has 13 heavy (non-hydrogen) atoms. The van der Waals surface area contributed by atoms with E-state index in [2.05, 4.69) is 6.58 Å². The molecule has 2 heteroatoms. The molecule has 0 saturated heterocycles. The smallest absolute Gasteiger partial charge is 0.0652 e. The largest absolute Gasteiger partial charge is 0.392 e. The summed E-state index contributed by atoms with van der Waals surface area (Å²) in [7, 11) is 0. The van der Waals surface area contributed by atoms with Gasteiger partial charge >= 0.3 is 0 Å². The molecule has 0 aromatic heterocycles. The second-order valence-corrected chi connectivity index (χ2v) is 4.31. The molecule has 1 rings (SSSR count). The van der Waals surface area contributed by atoms with Crippen LogP contribution >= 0.6 is 0 Å². The molecular formula is C11H20O2. The molecule has 1 saturated carbocycles. The minimum atomic E-state index is -0.444. The maximum atomic E-state index is 9.87. The van der Waals surface area contributed by atoms with Gasteiger partial charge in [-0.3, -0.25) is 0 Å². The van der Waals surface area contributed by atoms with Crippen molar-refractivity contribution in [2.24, 2.45) is 5.41 Å². The molecule has 0 aromatic rings. The molecule has 0 aromatic carbocycles. The van der Waals surface area contributed by atoms with Gasteiger partial charge in [0.1, 0.15) is 0 Å². The third kappa shape index (κ3) is 2.12. The maximum Gasteiger partial charge on any atom is 0.0652 e. The van der Waals surface area contributed by atoms with Gasteiger partial charge < -0.3 is 10.2 Å². The Morgan fingerprint density at radius 2 is 2.31 bits per heavy atom. The molecule has 0 bridgehead atoms. The minimum absolute atomic E-state index is 0.313. The van der Waals surface area contributed by atoms with Crippen molar-refractivity contribution in [2.75, 3.05) is 0 Å². The molecule has 0 spiro atoms. The number of aliphatic hydroxyl groups is 2. The molecule has 2 N–H and O–H groups in total. The molecule has 0 unspecified atom stereocenters. The Hall–Kier alpha value is -0.340. The van der Waals surface area contributed by atoms with Crippen molar-refractivity contribution in [1.29, 1.82) is 0 Å². The maximum absolute atomic E-state index is 9.87. The van der Waals surface area contributed by atoms with E-state index in [1.807, 2.05) is 6.92 Å². The van der Waals surface area contributed by atoms with Gasteiger partial charge in [-0.2, -0.15) is 0 Å². The number of rotatable bonds is 3. The lowest BCUT2D eigenvalue weighted by molar-refractivity contribution is -0.0814. The third-order valence-electron chi connectivity index (χ3n) is 3.36. The van der Waals surface area contributed by atoms with E-state index in [1.165, 1.54) is 0 Å². The summed E-state index contributed by atoms with van der Waals surface area (Å²) in [6.45, 7) is 5.59. The molecule has 0 amide bonds. The molecule has 0 radical (unpaired) electrons. The van der Waals surface area contributed by atoms with Crippen LogP contribution in [0.4, 0.5) is 0 Å². The second kappa shape index (κ2) is 4.25.